The van der Waals surface area contributed by atoms with Gasteiger partial charge in [0.15, 0.2) is 0 Å². The fourth-order valence-electron chi connectivity index (χ4n) is 1.70. The molecule has 0 bridgehead atoms. The van der Waals surface area contributed by atoms with Crippen molar-refractivity contribution in [2.24, 2.45) is 0 Å². The van der Waals surface area contributed by atoms with Crippen LogP contribution in [0.2, 0.25) is 0 Å². The van der Waals surface area contributed by atoms with E-state index in [1.54, 1.807) is 0 Å². The van der Waals surface area contributed by atoms with Crippen LogP contribution in [-0.2, 0) is 5.06 Å². The van der Waals surface area contributed by atoms with E-state index in [1.165, 1.54) is 12.3 Å². The van der Waals surface area contributed by atoms with E-state index < -0.39 is 29.1 Å². The Balaban J connectivity index is 2.45. The predicted octanol–water partition coefficient (Wildman–Crippen LogP) is -2.74. The molecule has 4 atom stereocenters. The largest absolute Gasteiger partial charge is 0.389 e. The molecule has 9 heteroatoms. The van der Waals surface area contributed by atoms with Gasteiger partial charge in [-0.3, -0.25) is 4.57 Å². The van der Waals surface area contributed by atoms with E-state index in [1.807, 2.05) is 0 Å². The van der Waals surface area contributed by atoms with Gasteiger partial charge in [0.25, 0.3) is 0 Å². The van der Waals surface area contributed by atoms with E-state index in [0.717, 1.165) is 16.3 Å². The van der Waals surface area contributed by atoms with Crippen molar-refractivity contribution in [2.75, 3.05) is 11.5 Å². The summed E-state index contributed by atoms with van der Waals surface area (Å²) in [4.78, 5) is 15.1. The Morgan fingerprint density at radius 2 is 2.17 bits per heavy atom. The van der Waals surface area contributed by atoms with Crippen LogP contribution in [0.15, 0.2) is 17.1 Å². The zero-order valence-electron chi connectivity index (χ0n) is 9.17. The minimum absolute atomic E-state index is 0.0178. The molecule has 0 aromatic carbocycles. The highest BCUT2D eigenvalue weighted by molar-refractivity contribution is 8.00. The number of anilines is 1. The Morgan fingerprint density at radius 1 is 1.50 bits per heavy atom. The molecule has 2 heterocycles. The molecule has 1 aliphatic rings. The summed E-state index contributed by atoms with van der Waals surface area (Å²) in [5.74, 6) is -0.0540. The first-order chi connectivity index (χ1) is 8.36. The number of hydrogen-bond donors (Lipinski definition) is 5. The summed E-state index contributed by atoms with van der Waals surface area (Å²) in [6.07, 6.45) is -3.29. The Labute approximate surface area is 106 Å². The minimum Gasteiger partial charge on any atom is -0.389 e. The molecule has 18 heavy (non-hydrogen) atoms. The van der Waals surface area contributed by atoms with Crippen molar-refractivity contribution < 1.29 is 20.4 Å². The zero-order chi connectivity index (χ0) is 13.5. The molecule has 1 unspecified atom stereocenters. The Kier molecular flexibility index (Phi) is 3.34. The molecule has 1 fully saturated rings. The highest BCUT2D eigenvalue weighted by Crippen LogP contribution is 2.38. The molecule has 8 nitrogen and oxygen atoms in total. The van der Waals surface area contributed by atoms with Crippen molar-refractivity contribution in [1.29, 1.82) is 0 Å². The van der Waals surface area contributed by atoms with Crippen LogP contribution in [-0.4, -0.2) is 54.0 Å². The average Bonchev–Trinajstić information content (AvgIpc) is 2.32. The molecule has 0 amide bonds. The molecule has 6 N–H and O–H groups in total. The van der Waals surface area contributed by atoms with E-state index >= 15 is 0 Å². The number of nitrogens with zero attached hydrogens (tertiary/aromatic N) is 2. The lowest BCUT2D eigenvalue weighted by atomic mass is 10.1. The van der Waals surface area contributed by atoms with Gasteiger partial charge in [0.1, 0.15) is 18.0 Å². The molecule has 1 aliphatic heterocycles. The normalized spacial score (nSPS) is 36.6. The van der Waals surface area contributed by atoms with Crippen LogP contribution in [0.5, 0.6) is 0 Å². The van der Waals surface area contributed by atoms with Crippen molar-refractivity contribution >= 4 is 17.6 Å². The van der Waals surface area contributed by atoms with Crippen LogP contribution in [0, 0.1) is 0 Å². The number of nitrogens with two attached hydrogens (primary N) is 1. The first-order valence-electron chi connectivity index (χ1n) is 5.12. The summed E-state index contributed by atoms with van der Waals surface area (Å²) in [7, 11) is 0. The fraction of sp³-hybridized carbons (Fsp3) is 0.556. The zero-order valence-corrected chi connectivity index (χ0v) is 9.99. The van der Waals surface area contributed by atoms with E-state index in [-0.39, 0.29) is 11.6 Å². The number of aromatic nitrogens is 2. The van der Waals surface area contributed by atoms with Crippen LogP contribution in [0.25, 0.3) is 0 Å². The third-order valence-corrected chi connectivity index (χ3v) is 4.11. The van der Waals surface area contributed by atoms with Gasteiger partial charge < -0.3 is 26.2 Å². The first-order valence-corrected chi connectivity index (χ1v) is 6.11. The molecular formula is C9H13N3O5S. The molecule has 2 rings (SSSR count). The Morgan fingerprint density at radius 3 is 2.78 bits per heavy atom. The summed E-state index contributed by atoms with van der Waals surface area (Å²) in [5, 5.41) is 37.0. The lowest BCUT2D eigenvalue weighted by molar-refractivity contribution is -0.150. The molecule has 1 aromatic rings. The van der Waals surface area contributed by atoms with Gasteiger partial charge in [-0.05, 0) is 6.07 Å². The van der Waals surface area contributed by atoms with Gasteiger partial charge in [-0.25, -0.2) is 4.79 Å². The molecule has 100 valence electrons. The quantitative estimate of drug-likeness (QED) is 0.371. The fourth-order valence-corrected chi connectivity index (χ4v) is 2.90. The maximum Gasteiger partial charge on any atom is 0.352 e. The van der Waals surface area contributed by atoms with Gasteiger partial charge in [0.2, 0.25) is 5.06 Å². The Hall–Kier alpha value is -1.13. The van der Waals surface area contributed by atoms with Crippen LogP contribution >= 0.6 is 11.8 Å². The number of aliphatic hydroxyl groups excluding tert-OH is 3. The second-order valence-corrected chi connectivity index (χ2v) is 5.20. The number of thioether (sulfide) groups is 1. The topological polar surface area (TPSA) is 142 Å². The van der Waals surface area contributed by atoms with E-state index in [9.17, 15) is 25.2 Å². The molecule has 1 saturated heterocycles. The number of aliphatic hydroxyl groups is 4. The van der Waals surface area contributed by atoms with Gasteiger partial charge in [-0.15, -0.1) is 0 Å². The maximum absolute atomic E-state index is 11.6. The molecule has 1 aromatic heterocycles. The second-order valence-electron chi connectivity index (χ2n) is 3.98. The lowest BCUT2D eigenvalue weighted by Gasteiger charge is -2.41. The predicted molar refractivity (Wildman–Crippen MR) is 63.6 cm³/mol. The molecular weight excluding hydrogens is 262 g/mol. The lowest BCUT2D eigenvalue weighted by Crippen LogP contribution is -2.59. The van der Waals surface area contributed by atoms with Gasteiger partial charge in [-0.2, -0.15) is 4.98 Å². The second kappa shape index (κ2) is 4.52. The summed E-state index contributed by atoms with van der Waals surface area (Å²) < 4.78 is 0.772. The van der Waals surface area contributed by atoms with Gasteiger partial charge in [-0.1, -0.05) is 11.8 Å². The van der Waals surface area contributed by atoms with Crippen LogP contribution in [0.1, 0.15) is 0 Å². The van der Waals surface area contributed by atoms with Gasteiger partial charge in [0, 0.05) is 11.9 Å². The van der Waals surface area contributed by atoms with Crippen molar-refractivity contribution in [3.8, 4) is 0 Å². The van der Waals surface area contributed by atoms with Gasteiger partial charge in [0.05, 0.1) is 6.10 Å². The van der Waals surface area contributed by atoms with E-state index in [2.05, 4.69) is 4.98 Å². The third kappa shape index (κ3) is 1.99. The number of nitrogen functional groups attached to an aromatic ring is 1. The molecule has 0 radical (unpaired) electrons. The number of rotatable bonds is 1. The third-order valence-electron chi connectivity index (χ3n) is 2.74. The summed E-state index contributed by atoms with van der Waals surface area (Å²) in [6, 6.07) is 1.28. The van der Waals surface area contributed by atoms with Crippen molar-refractivity contribution in [2.45, 2.75) is 23.4 Å². The van der Waals surface area contributed by atoms with Crippen molar-refractivity contribution in [3.63, 3.8) is 0 Å². The maximum atomic E-state index is 11.6. The van der Waals surface area contributed by atoms with Gasteiger partial charge >= 0.3 is 5.69 Å². The van der Waals surface area contributed by atoms with Crippen LogP contribution in [0.3, 0.4) is 0 Å². The summed E-state index contributed by atoms with van der Waals surface area (Å²) in [6.45, 7) is 0. The first kappa shape index (κ1) is 13.3. The molecule has 0 aliphatic carbocycles. The monoisotopic (exact) mass is 275 g/mol. The number of hydrogen-bond acceptors (Lipinski definition) is 8. The summed E-state index contributed by atoms with van der Waals surface area (Å²) >= 11 is 0.736. The minimum atomic E-state index is -2.09. The van der Waals surface area contributed by atoms with Crippen molar-refractivity contribution in [1.82, 2.24) is 9.55 Å². The highest BCUT2D eigenvalue weighted by Gasteiger charge is 2.49. The van der Waals surface area contributed by atoms with E-state index in [0.29, 0.717) is 0 Å². The molecule has 0 spiro atoms. The smallest absolute Gasteiger partial charge is 0.352 e. The van der Waals surface area contributed by atoms with E-state index in [4.69, 9.17) is 5.73 Å². The average molecular weight is 275 g/mol. The SMILES string of the molecule is Nc1ccn(C2(O)SC[C@@H](O)[C@H](O)[C@H]2O)c(=O)n1. The standard InChI is InChI=1S/C9H13N3O5S/c10-5-1-2-12(8(16)11-5)9(17)7(15)6(14)4(13)3-18-9/h1-2,4,6-7,13-15,17H,3H2,(H2,10,11,16)/t4-,6+,7-,9?/m1/s1. The van der Waals surface area contributed by atoms with Crippen LogP contribution in [0.4, 0.5) is 5.82 Å². The van der Waals surface area contributed by atoms with Crippen LogP contribution < -0.4 is 11.4 Å². The van der Waals surface area contributed by atoms with Crippen molar-refractivity contribution in [3.05, 3.63) is 22.7 Å². The highest BCUT2D eigenvalue weighted by atomic mass is 32.2. The summed E-state index contributed by atoms with van der Waals surface area (Å²) in [5.41, 5.74) is 4.47. The Bertz CT molecular complexity index is 509. The molecule has 0 saturated carbocycles.